The van der Waals surface area contributed by atoms with Gasteiger partial charge in [0.15, 0.2) is 0 Å². The highest BCUT2D eigenvalue weighted by atomic mass is 19.1. The summed E-state index contributed by atoms with van der Waals surface area (Å²) in [5, 5.41) is 2.86. The first-order valence-corrected chi connectivity index (χ1v) is 10.5. The van der Waals surface area contributed by atoms with Crippen LogP contribution in [0.4, 0.5) is 4.39 Å². The summed E-state index contributed by atoms with van der Waals surface area (Å²) in [6.45, 7) is 5.65. The Morgan fingerprint density at radius 2 is 1.90 bits per heavy atom. The van der Waals surface area contributed by atoms with Crippen molar-refractivity contribution in [2.75, 3.05) is 19.7 Å². The molecule has 1 N–H and O–H groups in total. The van der Waals surface area contributed by atoms with Gasteiger partial charge in [-0.05, 0) is 62.6 Å². The minimum absolute atomic E-state index is 0.0506. The van der Waals surface area contributed by atoms with E-state index in [-0.39, 0.29) is 36.0 Å². The Kier molecular flexibility index (Phi) is 7.44. The minimum atomic E-state index is -0.340. The molecule has 6 heteroatoms. The van der Waals surface area contributed by atoms with Gasteiger partial charge in [0.05, 0.1) is 13.0 Å². The van der Waals surface area contributed by atoms with E-state index in [2.05, 4.69) is 5.32 Å². The molecule has 0 aliphatic carbocycles. The van der Waals surface area contributed by atoms with Gasteiger partial charge < -0.3 is 15.0 Å². The van der Waals surface area contributed by atoms with E-state index in [1.807, 2.05) is 18.7 Å². The molecule has 1 aliphatic rings. The fraction of sp³-hybridized carbons (Fsp3) is 0.417. The van der Waals surface area contributed by atoms with Crippen LogP contribution < -0.4 is 10.1 Å². The monoisotopic (exact) mass is 412 g/mol. The van der Waals surface area contributed by atoms with Crippen LogP contribution in [-0.2, 0) is 11.2 Å². The lowest BCUT2D eigenvalue weighted by atomic mass is 9.98. The van der Waals surface area contributed by atoms with Crippen molar-refractivity contribution in [2.45, 2.75) is 39.2 Å². The molecule has 2 aromatic rings. The maximum atomic E-state index is 13.8. The Labute approximate surface area is 177 Å². The third kappa shape index (κ3) is 6.05. The first-order valence-electron chi connectivity index (χ1n) is 10.5. The highest BCUT2D eigenvalue weighted by molar-refractivity contribution is 5.94. The number of piperidine rings is 1. The zero-order valence-corrected chi connectivity index (χ0v) is 17.6. The Bertz CT molecular complexity index is 867. The third-order valence-corrected chi connectivity index (χ3v) is 5.19. The summed E-state index contributed by atoms with van der Waals surface area (Å²) >= 11 is 0. The second-order valence-corrected chi connectivity index (χ2v) is 8.08. The van der Waals surface area contributed by atoms with Gasteiger partial charge in [-0.25, -0.2) is 4.39 Å². The molecule has 160 valence electrons. The van der Waals surface area contributed by atoms with Crippen molar-refractivity contribution in [3.05, 3.63) is 65.5 Å². The van der Waals surface area contributed by atoms with Gasteiger partial charge in [0.1, 0.15) is 11.6 Å². The quantitative estimate of drug-likeness (QED) is 0.752. The molecule has 0 aromatic heterocycles. The van der Waals surface area contributed by atoms with Crippen LogP contribution in [0.15, 0.2) is 48.5 Å². The zero-order chi connectivity index (χ0) is 21.5. The predicted octanol–water partition coefficient (Wildman–Crippen LogP) is 3.82. The average Bonchev–Trinajstić information content (AvgIpc) is 2.74. The number of nitrogens with one attached hydrogen (secondary N) is 1. The van der Waals surface area contributed by atoms with E-state index in [1.165, 1.54) is 6.07 Å². The molecular weight excluding hydrogens is 383 g/mol. The SMILES string of the molecule is CC(C)NC(=O)c1ccc(OC[C@H]2CCCN(C(=O)Cc3ccccc3F)C2)cc1. The van der Waals surface area contributed by atoms with E-state index < -0.39 is 0 Å². The number of benzene rings is 2. The molecule has 1 heterocycles. The molecule has 0 saturated carbocycles. The summed E-state index contributed by atoms with van der Waals surface area (Å²) in [6, 6.07) is 13.6. The van der Waals surface area contributed by atoms with Crippen molar-refractivity contribution < 1.29 is 18.7 Å². The van der Waals surface area contributed by atoms with Gasteiger partial charge in [-0.15, -0.1) is 0 Å². The highest BCUT2D eigenvalue weighted by Crippen LogP contribution is 2.20. The van der Waals surface area contributed by atoms with Crippen molar-refractivity contribution in [3.8, 4) is 5.75 Å². The third-order valence-electron chi connectivity index (χ3n) is 5.19. The molecule has 0 radical (unpaired) electrons. The molecule has 1 aliphatic heterocycles. The summed E-state index contributed by atoms with van der Waals surface area (Å²) in [4.78, 5) is 26.4. The van der Waals surface area contributed by atoms with Crippen LogP contribution in [0.5, 0.6) is 5.75 Å². The Morgan fingerprint density at radius 3 is 2.60 bits per heavy atom. The van der Waals surface area contributed by atoms with Gasteiger partial charge in [0.25, 0.3) is 5.91 Å². The van der Waals surface area contributed by atoms with Crippen molar-refractivity contribution in [2.24, 2.45) is 5.92 Å². The van der Waals surface area contributed by atoms with E-state index >= 15 is 0 Å². The number of carbonyl (C=O) groups excluding carboxylic acids is 2. The van der Waals surface area contributed by atoms with Crippen LogP contribution in [0, 0.1) is 11.7 Å². The number of halogens is 1. The minimum Gasteiger partial charge on any atom is -0.493 e. The van der Waals surface area contributed by atoms with Gasteiger partial charge in [-0.1, -0.05) is 18.2 Å². The highest BCUT2D eigenvalue weighted by Gasteiger charge is 2.24. The van der Waals surface area contributed by atoms with Crippen molar-refractivity contribution in [1.29, 1.82) is 0 Å². The number of hydrogen-bond acceptors (Lipinski definition) is 3. The van der Waals surface area contributed by atoms with E-state index in [0.29, 0.717) is 36.6 Å². The predicted molar refractivity (Wildman–Crippen MR) is 114 cm³/mol. The first-order chi connectivity index (χ1) is 14.4. The summed E-state index contributed by atoms with van der Waals surface area (Å²) in [6.07, 6.45) is 1.98. The zero-order valence-electron chi connectivity index (χ0n) is 17.6. The topological polar surface area (TPSA) is 58.6 Å². The average molecular weight is 413 g/mol. The number of hydrogen-bond donors (Lipinski definition) is 1. The number of amides is 2. The summed E-state index contributed by atoms with van der Waals surface area (Å²) in [5.41, 5.74) is 1.03. The molecule has 0 bridgehead atoms. The van der Waals surface area contributed by atoms with Crippen LogP contribution in [0.2, 0.25) is 0 Å². The maximum Gasteiger partial charge on any atom is 0.251 e. The fourth-order valence-electron chi connectivity index (χ4n) is 3.61. The van der Waals surface area contributed by atoms with Crippen LogP contribution >= 0.6 is 0 Å². The lowest BCUT2D eigenvalue weighted by Gasteiger charge is -2.32. The number of carbonyl (C=O) groups is 2. The van der Waals surface area contributed by atoms with Crippen LogP contribution in [0.25, 0.3) is 0 Å². The van der Waals surface area contributed by atoms with Gasteiger partial charge >= 0.3 is 0 Å². The molecule has 1 saturated heterocycles. The molecule has 2 aromatic carbocycles. The molecule has 1 fully saturated rings. The van der Waals surface area contributed by atoms with E-state index in [0.717, 1.165) is 12.8 Å². The van der Waals surface area contributed by atoms with Gasteiger partial charge in [-0.3, -0.25) is 9.59 Å². The van der Waals surface area contributed by atoms with Crippen molar-refractivity contribution in [1.82, 2.24) is 10.2 Å². The molecule has 3 rings (SSSR count). The molecule has 0 spiro atoms. The lowest BCUT2D eigenvalue weighted by molar-refractivity contribution is -0.132. The second-order valence-electron chi connectivity index (χ2n) is 8.08. The van der Waals surface area contributed by atoms with Crippen LogP contribution in [-0.4, -0.2) is 42.5 Å². The van der Waals surface area contributed by atoms with Gasteiger partial charge in [0, 0.05) is 30.6 Å². The number of rotatable bonds is 7. The van der Waals surface area contributed by atoms with Crippen molar-refractivity contribution >= 4 is 11.8 Å². The smallest absolute Gasteiger partial charge is 0.251 e. The molecule has 30 heavy (non-hydrogen) atoms. The Morgan fingerprint density at radius 1 is 1.17 bits per heavy atom. The lowest BCUT2D eigenvalue weighted by Crippen LogP contribution is -2.42. The molecule has 5 nitrogen and oxygen atoms in total. The van der Waals surface area contributed by atoms with Crippen LogP contribution in [0.1, 0.15) is 42.6 Å². The largest absolute Gasteiger partial charge is 0.493 e. The van der Waals surface area contributed by atoms with E-state index in [9.17, 15) is 14.0 Å². The molecular formula is C24H29FN2O3. The fourth-order valence-corrected chi connectivity index (χ4v) is 3.61. The van der Waals surface area contributed by atoms with Gasteiger partial charge in [0.2, 0.25) is 5.91 Å². The molecule has 1 atom stereocenters. The van der Waals surface area contributed by atoms with Crippen LogP contribution in [0.3, 0.4) is 0 Å². The molecule has 2 amide bonds. The first kappa shape index (κ1) is 21.8. The van der Waals surface area contributed by atoms with E-state index in [1.54, 1.807) is 42.5 Å². The number of nitrogens with zero attached hydrogens (tertiary/aromatic N) is 1. The summed E-state index contributed by atoms with van der Waals surface area (Å²) in [5.74, 6) is 0.435. The molecule has 0 unspecified atom stereocenters. The summed E-state index contributed by atoms with van der Waals surface area (Å²) in [7, 11) is 0. The summed E-state index contributed by atoms with van der Waals surface area (Å²) < 4.78 is 19.7. The number of likely N-dealkylation sites (tertiary alicyclic amines) is 1. The Balaban J connectivity index is 1.49. The van der Waals surface area contributed by atoms with E-state index in [4.69, 9.17) is 4.74 Å². The van der Waals surface area contributed by atoms with Crippen molar-refractivity contribution in [3.63, 3.8) is 0 Å². The Hall–Kier alpha value is -2.89. The maximum absolute atomic E-state index is 13.8. The standard InChI is InChI=1S/C24H29FN2O3/c1-17(2)26-24(29)19-9-11-21(12-10-19)30-16-18-6-5-13-27(15-18)23(28)14-20-7-3-4-8-22(20)25/h3-4,7-12,17-18H,5-6,13-16H2,1-2H3,(H,26,29)/t18-/m0/s1. The normalized spacial score (nSPS) is 16.4. The number of ether oxygens (including phenoxy) is 1. The van der Waals surface area contributed by atoms with Gasteiger partial charge in [-0.2, -0.15) is 0 Å². The second kappa shape index (κ2) is 10.2.